The lowest BCUT2D eigenvalue weighted by atomic mass is 10.1. The van der Waals surface area contributed by atoms with Gasteiger partial charge in [0.05, 0.1) is 22.0 Å². The molecule has 0 bridgehead atoms. The average molecular weight is 511 g/mol. The van der Waals surface area contributed by atoms with Crippen molar-refractivity contribution in [3.8, 4) is 0 Å². The van der Waals surface area contributed by atoms with Gasteiger partial charge in [0.15, 0.2) is 0 Å². The van der Waals surface area contributed by atoms with Gasteiger partial charge in [-0.2, -0.15) is 17.5 Å². The summed E-state index contributed by atoms with van der Waals surface area (Å²) < 4.78 is 67.1. The Kier molecular flexibility index (Phi) is 7.70. The number of rotatable bonds is 7. The van der Waals surface area contributed by atoms with E-state index in [1.165, 1.54) is 18.2 Å². The van der Waals surface area contributed by atoms with Crippen LogP contribution in [0.2, 0.25) is 5.02 Å². The molecule has 0 saturated carbocycles. The van der Waals surface area contributed by atoms with Crippen molar-refractivity contribution in [2.24, 2.45) is 0 Å². The molecule has 0 aliphatic rings. The highest BCUT2D eigenvalue weighted by Gasteiger charge is 2.33. The number of carbonyl (C=O) groups is 1. The number of nitrogens with one attached hydrogen (secondary N) is 1. The monoisotopic (exact) mass is 510 g/mol. The summed E-state index contributed by atoms with van der Waals surface area (Å²) in [5.41, 5.74) is 1.19. The van der Waals surface area contributed by atoms with Gasteiger partial charge in [-0.15, -0.1) is 0 Å². The van der Waals surface area contributed by atoms with Crippen molar-refractivity contribution in [2.75, 3.05) is 11.9 Å². The van der Waals surface area contributed by atoms with E-state index < -0.39 is 39.2 Å². The normalized spacial score (nSPS) is 12.1. The Hall–Kier alpha value is -2.88. The molecule has 0 aliphatic carbocycles. The number of sulfonamides is 1. The molecule has 180 valence electrons. The van der Waals surface area contributed by atoms with Crippen molar-refractivity contribution in [1.29, 1.82) is 0 Å². The van der Waals surface area contributed by atoms with E-state index >= 15 is 0 Å². The number of carbonyl (C=O) groups excluding carboxylic acids is 1. The Bertz CT molecular complexity index is 1290. The summed E-state index contributed by atoms with van der Waals surface area (Å²) in [5, 5.41) is 1.83. The summed E-state index contributed by atoms with van der Waals surface area (Å²) in [5.74, 6) is -0.793. The summed E-state index contributed by atoms with van der Waals surface area (Å²) in [6.45, 7) is 2.97. The van der Waals surface area contributed by atoms with Gasteiger partial charge in [-0.1, -0.05) is 59.1 Å². The Morgan fingerprint density at radius 2 is 1.65 bits per heavy atom. The van der Waals surface area contributed by atoms with Crippen molar-refractivity contribution in [1.82, 2.24) is 4.31 Å². The Morgan fingerprint density at radius 3 is 2.26 bits per heavy atom. The summed E-state index contributed by atoms with van der Waals surface area (Å²) in [7, 11) is -4.08. The number of amides is 1. The molecule has 3 aromatic rings. The van der Waals surface area contributed by atoms with Crippen LogP contribution in [-0.4, -0.2) is 25.2 Å². The van der Waals surface area contributed by atoms with Gasteiger partial charge in [0, 0.05) is 12.2 Å². The van der Waals surface area contributed by atoms with Gasteiger partial charge in [0.25, 0.3) is 0 Å². The van der Waals surface area contributed by atoms with Crippen LogP contribution in [0.4, 0.5) is 18.9 Å². The molecule has 1 N–H and O–H groups in total. The number of halogens is 4. The zero-order valence-corrected chi connectivity index (χ0v) is 19.9. The molecule has 5 nitrogen and oxygen atoms in total. The van der Waals surface area contributed by atoms with Gasteiger partial charge >= 0.3 is 6.18 Å². The molecular weight excluding hydrogens is 489 g/mol. The third kappa shape index (κ3) is 6.37. The fourth-order valence-electron chi connectivity index (χ4n) is 3.28. The molecule has 0 fully saturated rings. The number of anilines is 1. The van der Waals surface area contributed by atoms with Crippen molar-refractivity contribution in [3.63, 3.8) is 0 Å². The molecular formula is C24H22ClF3N2O3S. The lowest BCUT2D eigenvalue weighted by Crippen LogP contribution is -2.37. The number of alkyl halides is 3. The topological polar surface area (TPSA) is 66.5 Å². The van der Waals surface area contributed by atoms with Crippen LogP contribution in [0.1, 0.15) is 22.3 Å². The molecule has 1 amide bonds. The minimum atomic E-state index is -4.70. The van der Waals surface area contributed by atoms with Gasteiger partial charge in [0.1, 0.15) is 0 Å². The van der Waals surface area contributed by atoms with Gasteiger partial charge in [0.2, 0.25) is 15.9 Å². The lowest BCUT2D eigenvalue weighted by Gasteiger charge is -2.22. The molecule has 0 atom stereocenters. The van der Waals surface area contributed by atoms with E-state index in [9.17, 15) is 26.4 Å². The maximum absolute atomic E-state index is 13.3. The molecule has 0 aliphatic heterocycles. The number of benzene rings is 3. The molecule has 34 heavy (non-hydrogen) atoms. The van der Waals surface area contributed by atoms with Gasteiger partial charge < -0.3 is 5.32 Å². The standard InChI is InChI=1S/C24H22ClF3N2O3S/c1-16-6-9-20(10-7-16)34(32,33)30(14-18-5-3-4-17(2)12-18)15-23(31)29-19-8-11-22(25)21(13-19)24(26,27)28/h3-13H,14-15H2,1-2H3,(H,29,31). The maximum Gasteiger partial charge on any atom is 0.417 e. The summed E-state index contributed by atoms with van der Waals surface area (Å²) >= 11 is 5.62. The van der Waals surface area contributed by atoms with Crippen molar-refractivity contribution >= 4 is 33.2 Å². The molecule has 0 aromatic heterocycles. The second kappa shape index (κ2) is 10.2. The predicted molar refractivity (Wildman–Crippen MR) is 125 cm³/mol. The molecule has 0 spiro atoms. The van der Waals surface area contributed by atoms with E-state index in [2.05, 4.69) is 5.32 Å². The zero-order chi connectivity index (χ0) is 25.1. The third-order valence-corrected chi connectivity index (χ3v) is 7.11. The first-order chi connectivity index (χ1) is 15.9. The van der Waals surface area contributed by atoms with Crippen LogP contribution < -0.4 is 5.32 Å². The van der Waals surface area contributed by atoms with E-state index in [0.29, 0.717) is 11.6 Å². The van der Waals surface area contributed by atoms with Crippen LogP contribution in [-0.2, 0) is 27.5 Å². The first kappa shape index (κ1) is 25.7. The van der Waals surface area contributed by atoms with Crippen LogP contribution in [0.5, 0.6) is 0 Å². The number of hydrogen-bond donors (Lipinski definition) is 1. The van der Waals surface area contributed by atoms with Gasteiger partial charge in [-0.3, -0.25) is 4.79 Å². The minimum absolute atomic E-state index is 0.00408. The number of nitrogens with zero attached hydrogens (tertiary/aromatic N) is 1. The fraction of sp³-hybridized carbons (Fsp3) is 0.208. The van der Waals surface area contributed by atoms with Gasteiger partial charge in [-0.05, 0) is 49.7 Å². The van der Waals surface area contributed by atoms with Crippen molar-refractivity contribution in [3.05, 3.63) is 94.0 Å². The van der Waals surface area contributed by atoms with Crippen LogP contribution in [0.15, 0.2) is 71.6 Å². The first-order valence-electron chi connectivity index (χ1n) is 10.2. The highest BCUT2D eigenvalue weighted by Crippen LogP contribution is 2.36. The molecule has 3 rings (SSSR count). The Morgan fingerprint density at radius 1 is 0.971 bits per heavy atom. The predicted octanol–water partition coefficient (Wildman–Crippen LogP) is 5.81. The molecule has 0 saturated heterocycles. The highest BCUT2D eigenvalue weighted by molar-refractivity contribution is 7.89. The second-order valence-corrected chi connectivity index (χ2v) is 10.2. The maximum atomic E-state index is 13.3. The summed E-state index contributed by atoms with van der Waals surface area (Å²) in [4.78, 5) is 12.7. The molecule has 0 unspecified atom stereocenters. The van der Waals surface area contributed by atoms with E-state index in [0.717, 1.165) is 21.5 Å². The lowest BCUT2D eigenvalue weighted by molar-refractivity contribution is -0.137. The molecule has 3 aromatic carbocycles. The Balaban J connectivity index is 1.89. The molecule has 0 heterocycles. The fourth-order valence-corrected chi connectivity index (χ4v) is 4.89. The van der Waals surface area contributed by atoms with E-state index in [4.69, 9.17) is 11.6 Å². The Labute approximate surface area is 201 Å². The quantitative estimate of drug-likeness (QED) is 0.436. The molecule has 0 radical (unpaired) electrons. The van der Waals surface area contributed by atoms with E-state index in [1.807, 2.05) is 19.9 Å². The van der Waals surface area contributed by atoms with Gasteiger partial charge in [-0.25, -0.2) is 8.42 Å². The SMILES string of the molecule is Cc1ccc(S(=O)(=O)N(CC(=O)Nc2ccc(Cl)c(C(F)(F)F)c2)Cc2cccc(C)c2)cc1. The number of aryl methyl sites for hydroxylation is 2. The van der Waals surface area contributed by atoms with Crippen LogP contribution in [0.25, 0.3) is 0 Å². The van der Waals surface area contributed by atoms with Crippen molar-refractivity contribution in [2.45, 2.75) is 31.5 Å². The zero-order valence-electron chi connectivity index (χ0n) is 18.4. The highest BCUT2D eigenvalue weighted by atomic mass is 35.5. The van der Waals surface area contributed by atoms with Crippen LogP contribution in [0, 0.1) is 13.8 Å². The van der Waals surface area contributed by atoms with Crippen molar-refractivity contribution < 1.29 is 26.4 Å². The van der Waals surface area contributed by atoms with Crippen LogP contribution in [0.3, 0.4) is 0 Å². The van der Waals surface area contributed by atoms with E-state index in [1.54, 1.807) is 30.3 Å². The summed E-state index contributed by atoms with van der Waals surface area (Å²) in [6, 6.07) is 16.3. The first-order valence-corrected chi connectivity index (χ1v) is 12.0. The molecule has 10 heteroatoms. The summed E-state index contributed by atoms with van der Waals surface area (Å²) in [6.07, 6.45) is -4.70. The number of hydrogen-bond acceptors (Lipinski definition) is 3. The van der Waals surface area contributed by atoms with Crippen LogP contribution >= 0.6 is 11.6 Å². The smallest absolute Gasteiger partial charge is 0.325 e. The average Bonchev–Trinajstić information content (AvgIpc) is 2.74. The second-order valence-electron chi connectivity index (χ2n) is 7.82. The minimum Gasteiger partial charge on any atom is -0.325 e. The largest absolute Gasteiger partial charge is 0.417 e. The third-order valence-electron chi connectivity index (χ3n) is 4.98. The van der Waals surface area contributed by atoms with E-state index in [-0.39, 0.29) is 17.1 Å².